The molecule has 0 fully saturated rings. The number of carbonyl (C=O) groups excluding carboxylic acids is 1. The van der Waals surface area contributed by atoms with Gasteiger partial charge >= 0.3 is 0 Å². The fourth-order valence-corrected chi connectivity index (χ4v) is 6.29. The number of allylic oxidation sites excluding steroid dienone is 2. The van der Waals surface area contributed by atoms with Crippen molar-refractivity contribution in [3.63, 3.8) is 0 Å². The first kappa shape index (κ1) is 36.8. The Morgan fingerprint density at radius 2 is 1.56 bits per heavy atom. The number of rotatable bonds is 13. The topological polar surface area (TPSA) is 291 Å². The van der Waals surface area contributed by atoms with Gasteiger partial charge in [0.2, 0.25) is 0 Å². The molecule has 0 unspecified atom stereocenters. The van der Waals surface area contributed by atoms with Crippen LogP contribution in [0.25, 0.3) is 11.8 Å². The van der Waals surface area contributed by atoms with E-state index in [1.54, 1.807) is 0 Å². The number of H-pyrrole nitrogens is 1. The van der Waals surface area contributed by atoms with E-state index in [4.69, 9.17) is 10.1 Å². The highest BCUT2D eigenvalue weighted by Gasteiger charge is 2.35. The molecule has 1 aliphatic heterocycles. The molecule has 2 heterocycles. The standard InChI is InChI=1S/C24H22N4O16S4/c1-13-16(23(29)27(25-13)19-10-14(46(32,33)34)6-8-21(19)45-44-43-31)4-3-5-17-18(12-42-41-2)26-28(24(17)30)20-11-15(47(35,36)37)7-9-22(20)48(38,39)40/h3-11,25,31H,12H2,1-2H3,(H,32,33,34)(H,35,36,37)(H,38,39,40). The Kier molecular flexibility index (Phi) is 10.9. The van der Waals surface area contributed by atoms with E-state index in [2.05, 4.69) is 24.5 Å². The number of aromatic amines is 1. The van der Waals surface area contributed by atoms with E-state index in [0.29, 0.717) is 35.3 Å². The van der Waals surface area contributed by atoms with Crippen molar-refractivity contribution < 1.29 is 68.1 Å². The molecule has 0 bridgehead atoms. The number of aromatic nitrogens is 2. The minimum atomic E-state index is -5.06. The van der Waals surface area contributed by atoms with Crippen LogP contribution in [-0.2, 0) is 54.3 Å². The fraction of sp³-hybridized carbons (Fsp3) is 0.125. The van der Waals surface area contributed by atoms with Crippen LogP contribution < -0.4 is 10.6 Å². The molecule has 4 rings (SSSR count). The van der Waals surface area contributed by atoms with Crippen LogP contribution in [0.1, 0.15) is 11.3 Å². The van der Waals surface area contributed by atoms with Gasteiger partial charge in [-0.2, -0.15) is 35.4 Å². The monoisotopic (exact) mass is 750 g/mol. The summed E-state index contributed by atoms with van der Waals surface area (Å²) in [6.07, 6.45) is 3.59. The third-order valence-electron chi connectivity index (χ3n) is 6.27. The third kappa shape index (κ3) is 7.97. The highest BCUT2D eigenvalue weighted by molar-refractivity contribution is 7.94. The molecule has 0 aliphatic carbocycles. The van der Waals surface area contributed by atoms with E-state index in [0.717, 1.165) is 36.1 Å². The molecule has 1 amide bonds. The first-order valence-electron chi connectivity index (χ1n) is 12.5. The molecular weight excluding hydrogens is 729 g/mol. The van der Waals surface area contributed by atoms with Crippen molar-refractivity contribution in [3.8, 4) is 5.69 Å². The summed E-state index contributed by atoms with van der Waals surface area (Å²) in [6.45, 7) is 0.968. The minimum Gasteiger partial charge on any atom is -0.295 e. The van der Waals surface area contributed by atoms with Gasteiger partial charge in [-0.15, -0.1) is 4.33 Å². The third-order valence-corrected chi connectivity index (χ3v) is 9.52. The molecule has 2 aromatic carbocycles. The molecular formula is C24H22N4O16S4. The van der Waals surface area contributed by atoms with Gasteiger partial charge in [0.25, 0.3) is 41.8 Å². The van der Waals surface area contributed by atoms with E-state index >= 15 is 0 Å². The Morgan fingerprint density at radius 3 is 2.15 bits per heavy atom. The largest absolute Gasteiger partial charge is 0.296 e. The molecule has 3 aromatic rings. The van der Waals surface area contributed by atoms with Crippen molar-refractivity contribution in [3.05, 3.63) is 75.7 Å². The Hall–Kier alpha value is -4.05. The van der Waals surface area contributed by atoms with Crippen molar-refractivity contribution in [2.75, 3.05) is 18.7 Å². The number of nitrogens with one attached hydrogen (secondary N) is 1. The summed E-state index contributed by atoms with van der Waals surface area (Å²) in [5.74, 6) is -1.05. The zero-order valence-corrected chi connectivity index (χ0v) is 27.3. The van der Waals surface area contributed by atoms with Crippen LogP contribution in [-0.4, -0.2) is 79.3 Å². The Bertz CT molecular complexity index is 2260. The molecule has 1 aliphatic rings. The molecule has 0 atom stereocenters. The number of carbonyl (C=O) groups is 1. The summed E-state index contributed by atoms with van der Waals surface area (Å²) in [5, 5.41) is 19.2. The predicted octanol–water partition coefficient (Wildman–Crippen LogP) is 1.56. The van der Waals surface area contributed by atoms with Gasteiger partial charge in [0, 0.05) is 5.69 Å². The van der Waals surface area contributed by atoms with E-state index in [1.807, 2.05) is 0 Å². The summed E-state index contributed by atoms with van der Waals surface area (Å²) >= 11 is 0.396. The molecule has 0 spiro atoms. The molecule has 1 aromatic heterocycles. The van der Waals surface area contributed by atoms with Crippen LogP contribution in [0.4, 0.5) is 5.69 Å². The van der Waals surface area contributed by atoms with Crippen LogP contribution >= 0.6 is 12.0 Å². The van der Waals surface area contributed by atoms with Crippen LogP contribution in [0.2, 0.25) is 0 Å². The molecule has 48 heavy (non-hydrogen) atoms. The van der Waals surface area contributed by atoms with E-state index in [-0.39, 0.29) is 33.1 Å². The number of amides is 1. The van der Waals surface area contributed by atoms with Crippen molar-refractivity contribution in [1.29, 1.82) is 0 Å². The van der Waals surface area contributed by atoms with Crippen LogP contribution in [0.15, 0.2) is 83.6 Å². The van der Waals surface area contributed by atoms with Crippen LogP contribution in [0, 0.1) is 6.92 Å². The first-order chi connectivity index (χ1) is 22.4. The summed E-state index contributed by atoms with van der Waals surface area (Å²) in [7, 11) is -13.5. The quantitative estimate of drug-likeness (QED) is 0.0544. The maximum absolute atomic E-state index is 13.5. The number of benzene rings is 2. The van der Waals surface area contributed by atoms with Gasteiger partial charge in [0.1, 0.15) is 17.2 Å². The molecule has 24 heteroatoms. The van der Waals surface area contributed by atoms with Crippen molar-refractivity contribution in [2.24, 2.45) is 5.10 Å². The van der Waals surface area contributed by atoms with Crippen LogP contribution in [0.3, 0.4) is 0 Å². The average Bonchev–Trinajstić information content (AvgIpc) is 3.47. The minimum absolute atomic E-state index is 0.0252. The fourth-order valence-electron chi connectivity index (χ4n) is 4.17. The molecule has 5 N–H and O–H groups in total. The summed E-state index contributed by atoms with van der Waals surface area (Å²) in [4.78, 5) is 34.0. The van der Waals surface area contributed by atoms with Gasteiger partial charge in [0.15, 0.2) is 0 Å². The number of hydrogen-bond acceptors (Lipinski definition) is 15. The molecule has 20 nitrogen and oxygen atoms in total. The number of hydrazone groups is 1. The second kappa shape index (κ2) is 14.2. The smallest absolute Gasteiger partial charge is 0.295 e. The lowest BCUT2D eigenvalue weighted by Gasteiger charge is -2.15. The predicted molar refractivity (Wildman–Crippen MR) is 163 cm³/mol. The van der Waals surface area contributed by atoms with Crippen molar-refractivity contribution >= 4 is 65.8 Å². The van der Waals surface area contributed by atoms with E-state index in [1.165, 1.54) is 19.1 Å². The highest BCUT2D eigenvalue weighted by atomic mass is 32.2. The highest BCUT2D eigenvalue weighted by Crippen LogP contribution is 2.33. The van der Waals surface area contributed by atoms with Gasteiger partial charge in [-0.05, 0) is 55.5 Å². The maximum atomic E-state index is 13.5. The zero-order chi connectivity index (χ0) is 35.6. The van der Waals surface area contributed by atoms with Gasteiger partial charge < -0.3 is 0 Å². The summed E-state index contributed by atoms with van der Waals surface area (Å²) in [6, 6.07) is 5.02. The Morgan fingerprint density at radius 1 is 0.938 bits per heavy atom. The van der Waals surface area contributed by atoms with Gasteiger partial charge in [-0.1, -0.05) is 11.1 Å². The lowest BCUT2D eigenvalue weighted by molar-refractivity contribution is -0.432. The molecule has 258 valence electrons. The average molecular weight is 751 g/mol. The Labute approximate surface area is 274 Å². The number of hydrogen-bond donors (Lipinski definition) is 5. The summed E-state index contributed by atoms with van der Waals surface area (Å²) in [5.41, 5.74) is -1.90. The molecule has 0 radical (unpaired) electrons. The van der Waals surface area contributed by atoms with Gasteiger partial charge in [-0.3, -0.25) is 28.3 Å². The lowest BCUT2D eigenvalue weighted by Crippen LogP contribution is -2.24. The van der Waals surface area contributed by atoms with Crippen molar-refractivity contribution in [2.45, 2.75) is 26.5 Å². The number of anilines is 1. The first-order valence-corrected chi connectivity index (χ1v) is 17.6. The van der Waals surface area contributed by atoms with Crippen molar-refractivity contribution in [1.82, 2.24) is 9.78 Å². The molecule has 0 saturated heterocycles. The lowest BCUT2D eigenvalue weighted by atomic mass is 10.1. The normalized spacial score (nSPS) is 15.2. The van der Waals surface area contributed by atoms with E-state index < -0.39 is 68.8 Å². The number of aryl methyl sites for hydroxylation is 1. The SMILES string of the molecule is COOCC1=NN(c2cc(S(=O)(=O)O)ccc2S(=O)(=O)O)C(=O)C1=CC=Cc1c(C)[nH]n(-c2cc(S(=O)(=O)O)ccc2SOOO)c1=O. The molecule has 0 saturated carbocycles. The second-order valence-corrected chi connectivity index (χ2v) is 14.2. The van der Waals surface area contributed by atoms with Gasteiger partial charge in [0.05, 0.1) is 56.4 Å². The number of nitrogens with zero attached hydrogens (tertiary/aromatic N) is 3. The second-order valence-electron chi connectivity index (χ2n) is 9.23. The van der Waals surface area contributed by atoms with E-state index in [9.17, 15) is 48.5 Å². The van der Waals surface area contributed by atoms with Crippen LogP contribution in [0.5, 0.6) is 0 Å². The zero-order valence-electron chi connectivity index (χ0n) is 24.1. The summed E-state index contributed by atoms with van der Waals surface area (Å²) < 4.78 is 105. The Balaban J connectivity index is 1.78. The van der Waals surface area contributed by atoms with Gasteiger partial charge in [-0.25, -0.2) is 19.7 Å². The maximum Gasteiger partial charge on any atom is 0.296 e.